The molecule has 8 heteroatoms. The number of morpholine rings is 1. The molecule has 0 N–H and O–H groups in total. The minimum Gasteiger partial charge on any atom is -0.374 e. The van der Waals surface area contributed by atoms with Gasteiger partial charge >= 0.3 is 0 Å². The molecule has 3 heterocycles. The van der Waals surface area contributed by atoms with Crippen molar-refractivity contribution in [2.75, 3.05) is 19.7 Å². The van der Waals surface area contributed by atoms with Crippen LogP contribution in [-0.2, 0) is 17.7 Å². The van der Waals surface area contributed by atoms with E-state index in [9.17, 15) is 0 Å². The highest BCUT2D eigenvalue weighted by atomic mass is 16.5. The minimum atomic E-state index is 0.0940. The summed E-state index contributed by atoms with van der Waals surface area (Å²) in [7, 11) is 0. The van der Waals surface area contributed by atoms with Crippen molar-refractivity contribution in [1.82, 2.24) is 29.8 Å². The Morgan fingerprint density at radius 2 is 2.38 bits per heavy atom. The van der Waals surface area contributed by atoms with Crippen LogP contribution in [-0.4, -0.2) is 55.6 Å². The van der Waals surface area contributed by atoms with E-state index in [4.69, 9.17) is 9.26 Å². The SMILES string of the molecule is CCc1noc([C@H](C)N2CCO[C@@H](Cn3cncn3)C2)n1. The summed E-state index contributed by atoms with van der Waals surface area (Å²) in [6.45, 7) is 7.17. The summed E-state index contributed by atoms with van der Waals surface area (Å²) in [6, 6.07) is 0.0972. The molecule has 1 aliphatic heterocycles. The van der Waals surface area contributed by atoms with Crippen molar-refractivity contribution in [2.45, 2.75) is 39.0 Å². The van der Waals surface area contributed by atoms with Crippen molar-refractivity contribution in [3.63, 3.8) is 0 Å². The Labute approximate surface area is 123 Å². The monoisotopic (exact) mass is 292 g/mol. The van der Waals surface area contributed by atoms with Gasteiger partial charge in [0.25, 0.3) is 0 Å². The number of hydrogen-bond donors (Lipinski definition) is 0. The summed E-state index contributed by atoms with van der Waals surface area (Å²) >= 11 is 0. The Morgan fingerprint density at radius 1 is 1.48 bits per heavy atom. The van der Waals surface area contributed by atoms with Gasteiger partial charge in [0.1, 0.15) is 12.7 Å². The molecular formula is C13H20N6O2. The first-order chi connectivity index (χ1) is 10.3. The lowest BCUT2D eigenvalue weighted by Crippen LogP contribution is -2.45. The van der Waals surface area contributed by atoms with E-state index < -0.39 is 0 Å². The Balaban J connectivity index is 1.62. The predicted molar refractivity (Wildman–Crippen MR) is 73.4 cm³/mol. The Hall–Kier alpha value is -1.80. The number of hydrogen-bond acceptors (Lipinski definition) is 7. The number of nitrogens with zero attached hydrogens (tertiary/aromatic N) is 6. The fraction of sp³-hybridized carbons (Fsp3) is 0.692. The zero-order chi connectivity index (χ0) is 14.7. The normalized spacial score (nSPS) is 21.5. The number of ether oxygens (including phenoxy) is 1. The molecule has 0 amide bonds. The molecule has 0 aromatic carbocycles. The highest BCUT2D eigenvalue weighted by Gasteiger charge is 2.28. The smallest absolute Gasteiger partial charge is 0.243 e. The second-order valence-corrected chi connectivity index (χ2v) is 5.18. The molecule has 1 fully saturated rings. The maximum atomic E-state index is 5.80. The summed E-state index contributed by atoms with van der Waals surface area (Å²) in [5.41, 5.74) is 0. The van der Waals surface area contributed by atoms with Crippen LogP contribution in [0.5, 0.6) is 0 Å². The standard InChI is InChI=1S/C13H20N6O2/c1-3-12-16-13(21-17-12)10(2)18-4-5-20-11(6-18)7-19-9-14-8-15-19/h8-11H,3-7H2,1-2H3/t10-,11+/m0/s1. The zero-order valence-corrected chi connectivity index (χ0v) is 12.3. The molecule has 0 unspecified atom stereocenters. The average molecular weight is 292 g/mol. The van der Waals surface area contributed by atoms with Gasteiger partial charge in [-0.1, -0.05) is 12.1 Å². The van der Waals surface area contributed by atoms with Gasteiger partial charge in [-0.15, -0.1) is 0 Å². The van der Waals surface area contributed by atoms with Crippen molar-refractivity contribution in [3.05, 3.63) is 24.4 Å². The summed E-state index contributed by atoms with van der Waals surface area (Å²) in [5, 5.41) is 8.08. The summed E-state index contributed by atoms with van der Waals surface area (Å²) in [6.07, 6.45) is 4.12. The molecule has 0 saturated carbocycles. The van der Waals surface area contributed by atoms with Gasteiger partial charge in [-0.2, -0.15) is 10.1 Å². The first-order valence-electron chi connectivity index (χ1n) is 7.26. The summed E-state index contributed by atoms with van der Waals surface area (Å²) in [4.78, 5) is 10.7. The second-order valence-electron chi connectivity index (χ2n) is 5.18. The fourth-order valence-corrected chi connectivity index (χ4v) is 2.48. The largest absolute Gasteiger partial charge is 0.374 e. The van der Waals surface area contributed by atoms with Gasteiger partial charge < -0.3 is 9.26 Å². The zero-order valence-electron chi connectivity index (χ0n) is 12.3. The van der Waals surface area contributed by atoms with Crippen LogP contribution in [0.4, 0.5) is 0 Å². The molecule has 2 atom stereocenters. The van der Waals surface area contributed by atoms with Gasteiger partial charge in [-0.3, -0.25) is 9.58 Å². The third-order valence-electron chi connectivity index (χ3n) is 3.73. The van der Waals surface area contributed by atoms with Crippen LogP contribution in [0.2, 0.25) is 0 Å². The van der Waals surface area contributed by atoms with E-state index in [2.05, 4.69) is 32.0 Å². The predicted octanol–water partition coefficient (Wildman–Crippen LogP) is 0.685. The van der Waals surface area contributed by atoms with Crippen molar-refractivity contribution >= 4 is 0 Å². The van der Waals surface area contributed by atoms with Gasteiger partial charge in [0, 0.05) is 19.5 Å². The number of rotatable bonds is 5. The van der Waals surface area contributed by atoms with Crippen molar-refractivity contribution < 1.29 is 9.26 Å². The highest BCUT2D eigenvalue weighted by molar-refractivity contribution is 4.93. The average Bonchev–Trinajstić information content (AvgIpc) is 3.17. The molecule has 8 nitrogen and oxygen atoms in total. The van der Waals surface area contributed by atoms with E-state index in [1.54, 1.807) is 11.0 Å². The molecule has 0 aliphatic carbocycles. The molecule has 3 rings (SSSR count). The lowest BCUT2D eigenvalue weighted by molar-refractivity contribution is -0.0532. The second kappa shape index (κ2) is 6.31. The highest BCUT2D eigenvalue weighted by Crippen LogP contribution is 2.21. The van der Waals surface area contributed by atoms with Crippen LogP contribution in [0.1, 0.15) is 31.6 Å². The number of aryl methyl sites for hydroxylation is 1. The Kier molecular flexibility index (Phi) is 4.26. The lowest BCUT2D eigenvalue weighted by atomic mass is 10.2. The molecule has 2 aromatic rings. The summed E-state index contributed by atoms with van der Waals surface area (Å²) < 4.78 is 12.9. The van der Waals surface area contributed by atoms with Crippen LogP contribution in [0, 0.1) is 0 Å². The topological polar surface area (TPSA) is 82.1 Å². The van der Waals surface area contributed by atoms with Crippen LogP contribution in [0.3, 0.4) is 0 Å². The van der Waals surface area contributed by atoms with Crippen LogP contribution < -0.4 is 0 Å². The number of aromatic nitrogens is 5. The van der Waals surface area contributed by atoms with Gasteiger partial charge in [-0.05, 0) is 6.92 Å². The van der Waals surface area contributed by atoms with Gasteiger partial charge in [0.2, 0.25) is 5.89 Å². The third kappa shape index (κ3) is 3.27. The minimum absolute atomic E-state index is 0.0940. The first-order valence-corrected chi connectivity index (χ1v) is 7.26. The van der Waals surface area contributed by atoms with Crippen LogP contribution in [0.25, 0.3) is 0 Å². The van der Waals surface area contributed by atoms with E-state index in [-0.39, 0.29) is 12.1 Å². The molecule has 2 aromatic heterocycles. The van der Waals surface area contributed by atoms with Gasteiger partial charge in [0.05, 0.1) is 25.3 Å². The Bertz CT molecular complexity index is 555. The maximum Gasteiger partial charge on any atom is 0.243 e. The maximum absolute atomic E-state index is 5.80. The van der Waals surface area contributed by atoms with E-state index in [0.717, 1.165) is 25.3 Å². The third-order valence-corrected chi connectivity index (χ3v) is 3.73. The van der Waals surface area contributed by atoms with Crippen molar-refractivity contribution in [1.29, 1.82) is 0 Å². The van der Waals surface area contributed by atoms with Crippen LogP contribution in [0.15, 0.2) is 17.2 Å². The van der Waals surface area contributed by atoms with Crippen molar-refractivity contribution in [2.24, 2.45) is 0 Å². The van der Waals surface area contributed by atoms with Crippen LogP contribution >= 0.6 is 0 Å². The van der Waals surface area contributed by atoms with Crippen molar-refractivity contribution in [3.8, 4) is 0 Å². The molecule has 0 spiro atoms. The first kappa shape index (κ1) is 14.2. The molecule has 0 radical (unpaired) electrons. The molecular weight excluding hydrogens is 272 g/mol. The molecule has 1 saturated heterocycles. The Morgan fingerprint density at radius 3 is 3.10 bits per heavy atom. The molecule has 1 aliphatic rings. The van der Waals surface area contributed by atoms with E-state index in [1.165, 1.54) is 6.33 Å². The van der Waals surface area contributed by atoms with Gasteiger partial charge in [0.15, 0.2) is 5.82 Å². The quantitative estimate of drug-likeness (QED) is 0.801. The summed E-state index contributed by atoms with van der Waals surface area (Å²) in [5.74, 6) is 1.43. The van der Waals surface area contributed by atoms with E-state index in [1.807, 2.05) is 6.92 Å². The van der Waals surface area contributed by atoms with E-state index in [0.29, 0.717) is 19.0 Å². The molecule has 114 valence electrons. The van der Waals surface area contributed by atoms with E-state index >= 15 is 0 Å². The lowest BCUT2D eigenvalue weighted by Gasteiger charge is -2.35. The fourth-order valence-electron chi connectivity index (χ4n) is 2.48. The molecule has 21 heavy (non-hydrogen) atoms. The molecule has 0 bridgehead atoms. The van der Waals surface area contributed by atoms with Gasteiger partial charge in [-0.25, -0.2) is 4.98 Å².